The number of thioether (sulfide) groups is 1. The number of aromatic nitrogens is 1. The van der Waals surface area contributed by atoms with Crippen LogP contribution in [-0.4, -0.2) is 41.0 Å². The Balaban J connectivity index is 1.87. The summed E-state index contributed by atoms with van der Waals surface area (Å²) in [5.41, 5.74) is 5.83. The van der Waals surface area contributed by atoms with Crippen LogP contribution in [0, 0.1) is 5.82 Å². The molecule has 4 N–H and O–H groups in total. The third-order valence-electron chi connectivity index (χ3n) is 4.33. The van der Waals surface area contributed by atoms with Crippen LogP contribution < -0.4 is 16.4 Å². The molecule has 0 saturated carbocycles. The normalized spacial score (nSPS) is 19.0. The average Bonchev–Trinajstić information content (AvgIpc) is 3.15. The van der Waals surface area contributed by atoms with Crippen LogP contribution in [0.3, 0.4) is 0 Å². The van der Waals surface area contributed by atoms with Crippen molar-refractivity contribution in [2.75, 3.05) is 23.5 Å². The molecular weight excluding hydrogens is 431 g/mol. The van der Waals surface area contributed by atoms with Gasteiger partial charge in [0.05, 0.1) is 5.54 Å². The van der Waals surface area contributed by atoms with E-state index in [0.29, 0.717) is 40.1 Å². The molecule has 0 fully saturated rings. The van der Waals surface area contributed by atoms with Crippen molar-refractivity contribution in [1.29, 1.82) is 0 Å². The summed E-state index contributed by atoms with van der Waals surface area (Å²) in [5, 5.41) is 11.1. The standard InChI is InChI=1S/C18H19FN6O3S2/c1-18(5-6-29-16(20)24-18)11-7-10(3-4-12(11)19)22-15(27)14(25-28-2)13-8-30-17(23-13)21-9-26/h3-4,7-9H,5-6H2,1-2H3,(H2,20,24)(H,22,27)(H,21,23,26). The first-order chi connectivity index (χ1) is 14.4. The molecule has 0 bridgehead atoms. The lowest BCUT2D eigenvalue weighted by molar-refractivity contribution is -0.110. The number of amidine groups is 1. The molecule has 0 radical (unpaired) electrons. The van der Waals surface area contributed by atoms with Crippen LogP contribution in [0.4, 0.5) is 15.2 Å². The number of nitrogens with two attached hydrogens (primary N) is 1. The second-order valence-electron chi connectivity index (χ2n) is 6.39. The number of nitrogens with one attached hydrogen (secondary N) is 2. The number of halogens is 1. The zero-order valence-corrected chi connectivity index (χ0v) is 17.8. The van der Waals surface area contributed by atoms with E-state index in [1.54, 1.807) is 12.3 Å². The molecule has 1 aliphatic heterocycles. The summed E-state index contributed by atoms with van der Waals surface area (Å²) in [7, 11) is 1.30. The fraction of sp³-hybridized carbons (Fsp3) is 0.278. The lowest BCUT2D eigenvalue weighted by Crippen LogP contribution is -2.30. The number of carbonyl (C=O) groups is 2. The minimum atomic E-state index is -0.825. The molecule has 2 aromatic rings. The highest BCUT2D eigenvalue weighted by atomic mass is 32.2. The molecule has 30 heavy (non-hydrogen) atoms. The second kappa shape index (κ2) is 9.22. The van der Waals surface area contributed by atoms with Gasteiger partial charge in [-0.3, -0.25) is 14.6 Å². The lowest BCUT2D eigenvalue weighted by Gasteiger charge is -2.30. The van der Waals surface area contributed by atoms with Gasteiger partial charge in [0, 0.05) is 22.4 Å². The van der Waals surface area contributed by atoms with E-state index < -0.39 is 17.3 Å². The highest BCUT2D eigenvalue weighted by Crippen LogP contribution is 2.37. The lowest BCUT2D eigenvalue weighted by atomic mass is 9.89. The summed E-state index contributed by atoms with van der Waals surface area (Å²) in [4.78, 5) is 36.6. The molecule has 0 saturated heterocycles. The first-order valence-electron chi connectivity index (χ1n) is 8.73. The maximum Gasteiger partial charge on any atom is 0.280 e. The van der Waals surface area contributed by atoms with Crippen LogP contribution in [0.5, 0.6) is 0 Å². The Hall–Kier alpha value is -2.99. The zero-order valence-electron chi connectivity index (χ0n) is 16.1. The molecule has 1 aliphatic rings. The minimum absolute atomic E-state index is 0.0962. The van der Waals surface area contributed by atoms with Crippen molar-refractivity contribution < 1.29 is 18.8 Å². The predicted molar refractivity (Wildman–Crippen MR) is 116 cm³/mol. The van der Waals surface area contributed by atoms with Gasteiger partial charge in [-0.1, -0.05) is 16.9 Å². The van der Waals surface area contributed by atoms with E-state index in [1.807, 2.05) is 0 Å². The zero-order chi connectivity index (χ0) is 21.7. The SMILES string of the molecule is CON=C(C(=O)Nc1ccc(F)c(C2(C)CCSC(N)=N2)c1)c1csc(NC=O)n1. The number of benzene rings is 1. The van der Waals surface area contributed by atoms with E-state index in [-0.39, 0.29) is 11.4 Å². The highest BCUT2D eigenvalue weighted by Gasteiger charge is 2.32. The van der Waals surface area contributed by atoms with Crippen molar-refractivity contribution in [3.63, 3.8) is 0 Å². The molecule has 1 atom stereocenters. The number of hydrogen-bond donors (Lipinski definition) is 3. The first-order valence-corrected chi connectivity index (χ1v) is 10.6. The molecule has 2 heterocycles. The monoisotopic (exact) mass is 450 g/mol. The number of oxime groups is 1. The van der Waals surface area contributed by atoms with Gasteiger partial charge in [-0.25, -0.2) is 9.37 Å². The quantitative estimate of drug-likeness (QED) is 0.337. The van der Waals surface area contributed by atoms with Crippen LogP contribution in [0.1, 0.15) is 24.6 Å². The summed E-state index contributed by atoms with van der Waals surface area (Å²) >= 11 is 2.55. The van der Waals surface area contributed by atoms with Crippen molar-refractivity contribution in [2.45, 2.75) is 18.9 Å². The Kier molecular flexibility index (Phi) is 6.67. The van der Waals surface area contributed by atoms with Gasteiger partial charge in [0.25, 0.3) is 5.91 Å². The molecule has 3 rings (SSSR count). The number of hydrogen-bond acceptors (Lipinski definition) is 9. The number of carbonyl (C=O) groups excluding carboxylic acids is 2. The van der Waals surface area contributed by atoms with E-state index in [4.69, 9.17) is 10.6 Å². The largest absolute Gasteiger partial charge is 0.398 e. The Morgan fingerprint density at radius 1 is 1.47 bits per heavy atom. The van der Waals surface area contributed by atoms with Crippen molar-refractivity contribution in [1.82, 2.24) is 4.98 Å². The third kappa shape index (κ3) is 4.76. The van der Waals surface area contributed by atoms with Crippen molar-refractivity contribution in [2.24, 2.45) is 15.9 Å². The summed E-state index contributed by atoms with van der Waals surface area (Å²) in [6.45, 7) is 1.80. The number of thiazole rings is 1. The van der Waals surface area contributed by atoms with Crippen molar-refractivity contribution in [3.8, 4) is 0 Å². The Labute approximate surface area is 180 Å². The fourth-order valence-corrected chi connectivity index (χ4v) is 4.51. The number of aliphatic imine (C=N–C) groups is 1. The van der Waals surface area contributed by atoms with E-state index in [1.165, 1.54) is 37.1 Å². The van der Waals surface area contributed by atoms with Crippen LogP contribution in [0.2, 0.25) is 0 Å². The van der Waals surface area contributed by atoms with E-state index in [0.717, 1.165) is 11.3 Å². The Morgan fingerprint density at radius 3 is 2.97 bits per heavy atom. The highest BCUT2D eigenvalue weighted by molar-refractivity contribution is 8.13. The Bertz CT molecular complexity index is 1030. The first kappa shape index (κ1) is 21.7. The van der Waals surface area contributed by atoms with E-state index in [2.05, 4.69) is 25.8 Å². The topological polar surface area (TPSA) is 131 Å². The van der Waals surface area contributed by atoms with Gasteiger partial charge in [-0.05, 0) is 31.5 Å². The van der Waals surface area contributed by atoms with Gasteiger partial charge < -0.3 is 21.2 Å². The number of rotatable bonds is 7. The summed E-state index contributed by atoms with van der Waals surface area (Å²) in [6.07, 6.45) is 1.09. The molecule has 0 aliphatic carbocycles. The van der Waals surface area contributed by atoms with E-state index >= 15 is 0 Å². The summed E-state index contributed by atoms with van der Waals surface area (Å²) < 4.78 is 14.6. The molecule has 0 spiro atoms. The maximum absolute atomic E-state index is 14.6. The van der Waals surface area contributed by atoms with Crippen molar-refractivity contribution in [3.05, 3.63) is 40.7 Å². The van der Waals surface area contributed by atoms with Crippen LogP contribution >= 0.6 is 23.1 Å². The molecule has 1 unspecified atom stereocenters. The van der Waals surface area contributed by atoms with Gasteiger partial charge in [0.2, 0.25) is 6.41 Å². The fourth-order valence-electron chi connectivity index (χ4n) is 2.88. The summed E-state index contributed by atoms with van der Waals surface area (Å²) in [5.74, 6) is -0.327. The average molecular weight is 451 g/mol. The predicted octanol–water partition coefficient (Wildman–Crippen LogP) is 2.51. The van der Waals surface area contributed by atoms with Crippen molar-refractivity contribution >= 4 is 57.1 Å². The summed E-state index contributed by atoms with van der Waals surface area (Å²) in [6, 6.07) is 4.24. The van der Waals surface area contributed by atoms with Gasteiger partial charge in [-0.2, -0.15) is 0 Å². The van der Waals surface area contributed by atoms with E-state index in [9.17, 15) is 14.0 Å². The number of amides is 2. The maximum atomic E-state index is 14.6. The molecular formula is C18H19FN6O3S2. The molecule has 1 aromatic carbocycles. The molecule has 12 heteroatoms. The molecule has 9 nitrogen and oxygen atoms in total. The number of nitrogens with zero attached hydrogens (tertiary/aromatic N) is 3. The van der Waals surface area contributed by atoms with Gasteiger partial charge in [0.1, 0.15) is 18.6 Å². The minimum Gasteiger partial charge on any atom is -0.398 e. The van der Waals surface area contributed by atoms with Crippen LogP contribution in [-0.2, 0) is 20.0 Å². The molecule has 158 valence electrons. The van der Waals surface area contributed by atoms with Crippen LogP contribution in [0.15, 0.2) is 33.7 Å². The molecule has 2 amide bonds. The molecule has 1 aromatic heterocycles. The van der Waals surface area contributed by atoms with Gasteiger partial charge in [-0.15, -0.1) is 11.3 Å². The third-order valence-corrected chi connectivity index (χ3v) is 5.90. The second-order valence-corrected chi connectivity index (χ2v) is 8.37. The number of anilines is 2. The van der Waals surface area contributed by atoms with Gasteiger partial charge in [0.15, 0.2) is 16.0 Å². The van der Waals surface area contributed by atoms with Crippen LogP contribution in [0.25, 0.3) is 0 Å². The Morgan fingerprint density at radius 2 is 2.27 bits per heavy atom. The smallest absolute Gasteiger partial charge is 0.280 e. The van der Waals surface area contributed by atoms with Gasteiger partial charge >= 0.3 is 0 Å².